The molecular formula is C13H24N4O. The van der Waals surface area contributed by atoms with Crippen molar-refractivity contribution in [1.29, 1.82) is 0 Å². The van der Waals surface area contributed by atoms with Gasteiger partial charge in [-0.05, 0) is 18.8 Å². The number of hydrogen-bond donors (Lipinski definition) is 2. The van der Waals surface area contributed by atoms with E-state index in [0.29, 0.717) is 18.2 Å². The Morgan fingerprint density at radius 1 is 1.33 bits per heavy atom. The zero-order valence-corrected chi connectivity index (χ0v) is 11.9. The number of nitrogen functional groups attached to an aromatic ring is 1. The Labute approximate surface area is 109 Å². The number of nitrogens with zero attached hydrogens (tertiary/aromatic N) is 2. The molecule has 1 rings (SSSR count). The lowest BCUT2D eigenvalue weighted by Crippen LogP contribution is -2.25. The monoisotopic (exact) mass is 252 g/mol. The zero-order valence-electron chi connectivity index (χ0n) is 11.9. The molecule has 1 atom stereocenters. The highest BCUT2D eigenvalue weighted by atomic mass is 16.5. The molecule has 0 spiro atoms. The maximum atomic E-state index is 5.80. The van der Waals surface area contributed by atoms with Gasteiger partial charge in [-0.2, -0.15) is 0 Å². The molecule has 5 nitrogen and oxygen atoms in total. The van der Waals surface area contributed by atoms with Crippen molar-refractivity contribution >= 4 is 5.82 Å². The maximum Gasteiger partial charge on any atom is 0.160 e. The minimum atomic E-state index is -0.138. The van der Waals surface area contributed by atoms with Crippen molar-refractivity contribution in [3.05, 3.63) is 17.6 Å². The van der Waals surface area contributed by atoms with Crippen molar-refractivity contribution in [2.24, 2.45) is 11.3 Å². The summed E-state index contributed by atoms with van der Waals surface area (Å²) >= 11 is 0. The second-order valence-electron chi connectivity index (χ2n) is 5.30. The lowest BCUT2D eigenvalue weighted by atomic mass is 9.88. The molecule has 102 valence electrons. The Bertz CT molecular complexity index is 365. The minimum absolute atomic E-state index is 0.0613. The van der Waals surface area contributed by atoms with Gasteiger partial charge >= 0.3 is 0 Å². The van der Waals surface area contributed by atoms with Crippen LogP contribution in [0, 0.1) is 5.41 Å². The summed E-state index contributed by atoms with van der Waals surface area (Å²) in [5.74, 6) is 6.77. The van der Waals surface area contributed by atoms with Crippen molar-refractivity contribution in [2.45, 2.75) is 47.1 Å². The summed E-state index contributed by atoms with van der Waals surface area (Å²) in [5.41, 5.74) is 3.48. The highest BCUT2D eigenvalue weighted by molar-refractivity contribution is 5.35. The van der Waals surface area contributed by atoms with Crippen molar-refractivity contribution < 1.29 is 4.74 Å². The van der Waals surface area contributed by atoms with Crippen LogP contribution in [0.3, 0.4) is 0 Å². The molecule has 18 heavy (non-hydrogen) atoms. The summed E-state index contributed by atoms with van der Waals surface area (Å²) in [6.07, 6.45) is 0.703. The predicted molar refractivity (Wildman–Crippen MR) is 73.0 cm³/mol. The van der Waals surface area contributed by atoms with Gasteiger partial charge in [-0.25, -0.2) is 15.8 Å². The van der Waals surface area contributed by atoms with Crippen LogP contribution in [-0.2, 0) is 11.2 Å². The molecule has 1 heterocycles. The largest absolute Gasteiger partial charge is 0.370 e. The molecule has 0 fully saturated rings. The van der Waals surface area contributed by atoms with E-state index in [0.717, 1.165) is 12.1 Å². The van der Waals surface area contributed by atoms with Crippen LogP contribution >= 0.6 is 0 Å². The number of hydrogen-bond acceptors (Lipinski definition) is 5. The van der Waals surface area contributed by atoms with Gasteiger partial charge in [0.2, 0.25) is 0 Å². The lowest BCUT2D eigenvalue weighted by molar-refractivity contribution is -0.0191. The molecule has 1 unspecified atom stereocenters. The van der Waals surface area contributed by atoms with Crippen LogP contribution in [0.15, 0.2) is 6.07 Å². The quantitative estimate of drug-likeness (QED) is 0.622. The fourth-order valence-electron chi connectivity index (χ4n) is 1.77. The summed E-state index contributed by atoms with van der Waals surface area (Å²) in [5, 5.41) is 0. The number of rotatable bonds is 5. The van der Waals surface area contributed by atoms with Gasteiger partial charge in [-0.3, -0.25) is 0 Å². The molecule has 5 heteroatoms. The SMILES string of the molecule is CCOC(c1nc(CC)cc(NN)n1)C(C)(C)C. The van der Waals surface area contributed by atoms with E-state index >= 15 is 0 Å². The average Bonchev–Trinajstić information content (AvgIpc) is 2.33. The molecule has 0 saturated carbocycles. The van der Waals surface area contributed by atoms with E-state index in [2.05, 4.69) is 43.1 Å². The first-order valence-electron chi connectivity index (χ1n) is 6.38. The third-order valence-electron chi connectivity index (χ3n) is 2.66. The smallest absolute Gasteiger partial charge is 0.160 e. The van der Waals surface area contributed by atoms with Crippen LogP contribution in [0.5, 0.6) is 0 Å². The average molecular weight is 252 g/mol. The fourth-order valence-corrected chi connectivity index (χ4v) is 1.77. The predicted octanol–water partition coefficient (Wildman–Crippen LogP) is 2.45. The Hall–Kier alpha value is -1.20. The molecule has 1 aromatic rings. The highest BCUT2D eigenvalue weighted by Crippen LogP contribution is 2.34. The van der Waals surface area contributed by atoms with E-state index in [1.54, 1.807) is 0 Å². The van der Waals surface area contributed by atoms with Gasteiger partial charge in [-0.1, -0.05) is 27.7 Å². The molecule has 0 aliphatic carbocycles. The zero-order chi connectivity index (χ0) is 13.8. The summed E-state index contributed by atoms with van der Waals surface area (Å²) in [4.78, 5) is 8.97. The second-order valence-corrected chi connectivity index (χ2v) is 5.30. The van der Waals surface area contributed by atoms with E-state index in [1.807, 2.05) is 13.0 Å². The number of nitrogens with one attached hydrogen (secondary N) is 1. The molecule has 0 bridgehead atoms. The standard InChI is InChI=1S/C13H24N4O/c1-6-9-8-10(17-14)16-12(15-9)11(18-7-2)13(3,4)5/h8,11H,6-7,14H2,1-5H3,(H,15,16,17). The first-order chi connectivity index (χ1) is 8.42. The topological polar surface area (TPSA) is 73.1 Å². The summed E-state index contributed by atoms with van der Waals surface area (Å²) < 4.78 is 5.80. The first kappa shape index (κ1) is 14.9. The highest BCUT2D eigenvalue weighted by Gasteiger charge is 2.29. The maximum absolute atomic E-state index is 5.80. The Balaban J connectivity index is 3.18. The Morgan fingerprint density at radius 2 is 2.00 bits per heavy atom. The van der Waals surface area contributed by atoms with E-state index in [9.17, 15) is 0 Å². The van der Waals surface area contributed by atoms with Crippen molar-refractivity contribution in [3.8, 4) is 0 Å². The molecule has 0 aliphatic rings. The van der Waals surface area contributed by atoms with E-state index in [4.69, 9.17) is 10.6 Å². The summed E-state index contributed by atoms with van der Waals surface area (Å²) in [6.45, 7) is 11.0. The normalized spacial score (nSPS) is 13.4. The second kappa shape index (κ2) is 6.11. The molecule has 0 saturated heterocycles. The van der Waals surface area contributed by atoms with Crippen LogP contribution in [0.4, 0.5) is 5.82 Å². The minimum Gasteiger partial charge on any atom is -0.370 e. The van der Waals surface area contributed by atoms with Gasteiger partial charge in [0, 0.05) is 18.4 Å². The van der Waals surface area contributed by atoms with Gasteiger partial charge in [0.15, 0.2) is 5.82 Å². The van der Waals surface area contributed by atoms with E-state index in [1.165, 1.54) is 0 Å². The number of ether oxygens (including phenoxy) is 1. The van der Waals surface area contributed by atoms with Gasteiger partial charge in [0.1, 0.15) is 11.9 Å². The number of anilines is 1. The molecule has 1 aromatic heterocycles. The number of hydrazine groups is 1. The molecule has 3 N–H and O–H groups in total. The van der Waals surface area contributed by atoms with Gasteiger partial charge < -0.3 is 10.2 Å². The van der Waals surface area contributed by atoms with Crippen LogP contribution in [0.25, 0.3) is 0 Å². The number of nitrogens with two attached hydrogens (primary N) is 1. The molecule has 0 radical (unpaired) electrons. The Morgan fingerprint density at radius 3 is 2.44 bits per heavy atom. The van der Waals surface area contributed by atoms with E-state index < -0.39 is 0 Å². The van der Waals surface area contributed by atoms with Crippen molar-refractivity contribution in [2.75, 3.05) is 12.0 Å². The van der Waals surface area contributed by atoms with Crippen LogP contribution < -0.4 is 11.3 Å². The lowest BCUT2D eigenvalue weighted by Gasteiger charge is -2.29. The van der Waals surface area contributed by atoms with Crippen molar-refractivity contribution in [1.82, 2.24) is 9.97 Å². The first-order valence-corrected chi connectivity index (χ1v) is 6.38. The fraction of sp³-hybridized carbons (Fsp3) is 0.692. The molecule has 0 amide bonds. The van der Waals surface area contributed by atoms with Crippen LogP contribution in [0.1, 0.15) is 52.2 Å². The van der Waals surface area contributed by atoms with E-state index in [-0.39, 0.29) is 11.5 Å². The van der Waals surface area contributed by atoms with Gasteiger partial charge in [0.25, 0.3) is 0 Å². The number of aromatic nitrogens is 2. The van der Waals surface area contributed by atoms with Crippen molar-refractivity contribution in [3.63, 3.8) is 0 Å². The third kappa shape index (κ3) is 3.65. The van der Waals surface area contributed by atoms with Gasteiger partial charge in [0.05, 0.1) is 0 Å². The van der Waals surface area contributed by atoms with Gasteiger partial charge in [-0.15, -0.1) is 0 Å². The summed E-state index contributed by atoms with van der Waals surface area (Å²) in [6, 6.07) is 1.86. The third-order valence-corrected chi connectivity index (χ3v) is 2.66. The van der Waals surface area contributed by atoms with Crippen LogP contribution in [0.2, 0.25) is 0 Å². The number of aryl methyl sites for hydroxylation is 1. The molecule has 0 aromatic carbocycles. The Kier molecular flexibility index (Phi) is 5.04. The molecular weight excluding hydrogens is 228 g/mol. The summed E-state index contributed by atoms with van der Waals surface area (Å²) in [7, 11) is 0. The molecule has 0 aliphatic heterocycles. The van der Waals surface area contributed by atoms with Crippen LogP contribution in [-0.4, -0.2) is 16.6 Å².